The van der Waals surface area contributed by atoms with Crippen molar-refractivity contribution in [1.29, 1.82) is 0 Å². The minimum Gasteiger partial charge on any atom is -0.465 e. The van der Waals surface area contributed by atoms with Gasteiger partial charge in [0.2, 0.25) is 0 Å². The van der Waals surface area contributed by atoms with Gasteiger partial charge in [0, 0.05) is 24.4 Å². The molecule has 1 aliphatic heterocycles. The molecule has 23 heavy (non-hydrogen) atoms. The second-order valence-corrected chi connectivity index (χ2v) is 6.09. The number of carbonyl (C=O) groups is 1. The van der Waals surface area contributed by atoms with E-state index in [1.54, 1.807) is 6.07 Å². The highest BCUT2D eigenvalue weighted by atomic mass is 16.6. The van der Waals surface area contributed by atoms with E-state index < -0.39 is 10.9 Å². The smallest absolute Gasteiger partial charge is 0.344 e. The fourth-order valence-corrected chi connectivity index (χ4v) is 3.05. The standard InChI is InChI=1S/C16H20N2O5/c1-22-16(19)13-8-11(4-5-14(13)18(20)21)17-12-6-7-23-15(9-12)10-2-3-10/h4-5,8,10,12,15,17H,2-3,6-7,9H2,1H3. The van der Waals surface area contributed by atoms with Crippen LogP contribution in [0.25, 0.3) is 0 Å². The van der Waals surface area contributed by atoms with E-state index in [-0.39, 0.29) is 17.3 Å². The van der Waals surface area contributed by atoms with Gasteiger partial charge in [0.25, 0.3) is 5.69 Å². The van der Waals surface area contributed by atoms with Crippen LogP contribution < -0.4 is 5.32 Å². The Morgan fingerprint density at radius 1 is 1.39 bits per heavy atom. The highest BCUT2D eigenvalue weighted by Crippen LogP contribution is 2.38. The van der Waals surface area contributed by atoms with E-state index in [9.17, 15) is 14.9 Å². The van der Waals surface area contributed by atoms with Crippen molar-refractivity contribution in [3.8, 4) is 0 Å². The number of esters is 1. The van der Waals surface area contributed by atoms with Crippen LogP contribution >= 0.6 is 0 Å². The van der Waals surface area contributed by atoms with Gasteiger partial charge in [0.05, 0.1) is 18.1 Å². The monoisotopic (exact) mass is 320 g/mol. The lowest BCUT2D eigenvalue weighted by Gasteiger charge is -2.31. The molecule has 0 aromatic heterocycles. The molecular formula is C16H20N2O5. The number of nitrogens with zero attached hydrogens (tertiary/aromatic N) is 1. The normalized spacial score (nSPS) is 24.0. The van der Waals surface area contributed by atoms with E-state index >= 15 is 0 Å². The molecule has 7 nitrogen and oxygen atoms in total. The number of rotatable bonds is 5. The third-order valence-electron chi connectivity index (χ3n) is 4.43. The molecule has 1 aromatic carbocycles. The lowest BCUT2D eigenvalue weighted by atomic mass is 9.99. The van der Waals surface area contributed by atoms with Crippen molar-refractivity contribution in [1.82, 2.24) is 0 Å². The van der Waals surface area contributed by atoms with Gasteiger partial charge in [-0.3, -0.25) is 10.1 Å². The van der Waals surface area contributed by atoms with E-state index in [0.717, 1.165) is 19.4 Å². The zero-order valence-electron chi connectivity index (χ0n) is 13.0. The molecule has 3 rings (SSSR count). The number of methoxy groups -OCH3 is 1. The van der Waals surface area contributed by atoms with Gasteiger partial charge in [-0.15, -0.1) is 0 Å². The molecule has 124 valence electrons. The van der Waals surface area contributed by atoms with Crippen LogP contribution in [0.5, 0.6) is 0 Å². The van der Waals surface area contributed by atoms with Crippen LogP contribution in [0.1, 0.15) is 36.0 Å². The number of hydrogen-bond acceptors (Lipinski definition) is 6. The lowest BCUT2D eigenvalue weighted by molar-refractivity contribution is -0.385. The first-order chi connectivity index (χ1) is 11.1. The lowest BCUT2D eigenvalue weighted by Crippen LogP contribution is -2.35. The summed E-state index contributed by atoms with van der Waals surface area (Å²) in [4.78, 5) is 22.2. The molecule has 7 heteroatoms. The first-order valence-electron chi connectivity index (χ1n) is 7.83. The van der Waals surface area contributed by atoms with Crippen molar-refractivity contribution in [2.75, 3.05) is 19.0 Å². The van der Waals surface area contributed by atoms with Crippen molar-refractivity contribution in [3.05, 3.63) is 33.9 Å². The molecule has 1 aromatic rings. The third-order valence-corrected chi connectivity index (χ3v) is 4.43. The number of carbonyl (C=O) groups excluding carboxylic acids is 1. The Labute approximate surface area is 134 Å². The fraction of sp³-hybridized carbons (Fsp3) is 0.562. The van der Waals surface area contributed by atoms with E-state index in [2.05, 4.69) is 10.1 Å². The molecule has 0 bridgehead atoms. The van der Waals surface area contributed by atoms with E-state index in [0.29, 0.717) is 17.7 Å². The van der Waals surface area contributed by atoms with Gasteiger partial charge in [0.15, 0.2) is 0 Å². The molecule has 1 saturated heterocycles. The number of hydrogen-bond donors (Lipinski definition) is 1. The van der Waals surface area contributed by atoms with Crippen molar-refractivity contribution in [2.24, 2.45) is 5.92 Å². The quantitative estimate of drug-likeness (QED) is 0.509. The predicted molar refractivity (Wildman–Crippen MR) is 83.5 cm³/mol. The van der Waals surface area contributed by atoms with Crippen LogP contribution in [-0.2, 0) is 9.47 Å². The zero-order chi connectivity index (χ0) is 16.4. The number of nitrogens with one attached hydrogen (secondary N) is 1. The van der Waals surface area contributed by atoms with Crippen LogP contribution in [0.15, 0.2) is 18.2 Å². The van der Waals surface area contributed by atoms with E-state index in [1.165, 1.54) is 32.1 Å². The molecule has 1 heterocycles. The molecule has 1 N–H and O–H groups in total. The first-order valence-corrected chi connectivity index (χ1v) is 7.83. The van der Waals surface area contributed by atoms with Gasteiger partial charge < -0.3 is 14.8 Å². The minimum absolute atomic E-state index is 0.0340. The maximum absolute atomic E-state index is 11.8. The molecule has 0 spiro atoms. The largest absolute Gasteiger partial charge is 0.465 e. The Morgan fingerprint density at radius 2 is 2.17 bits per heavy atom. The molecule has 0 amide bonds. The van der Waals surface area contributed by atoms with Crippen LogP contribution in [0.3, 0.4) is 0 Å². The summed E-state index contributed by atoms with van der Waals surface area (Å²) >= 11 is 0. The van der Waals surface area contributed by atoms with Crippen molar-refractivity contribution >= 4 is 17.3 Å². The molecule has 2 fully saturated rings. The number of ether oxygens (including phenoxy) is 2. The Hall–Kier alpha value is -2.15. The average molecular weight is 320 g/mol. The zero-order valence-corrected chi connectivity index (χ0v) is 13.0. The molecule has 0 radical (unpaired) electrons. The van der Waals surface area contributed by atoms with Crippen LogP contribution in [0.4, 0.5) is 11.4 Å². The topological polar surface area (TPSA) is 90.7 Å². The molecular weight excluding hydrogens is 300 g/mol. The third kappa shape index (κ3) is 3.61. The fourth-order valence-electron chi connectivity index (χ4n) is 3.05. The number of anilines is 1. The van der Waals surface area contributed by atoms with E-state index in [4.69, 9.17) is 4.74 Å². The maximum Gasteiger partial charge on any atom is 0.344 e. The highest BCUT2D eigenvalue weighted by Gasteiger charge is 2.36. The maximum atomic E-state index is 11.8. The molecule has 1 aliphatic carbocycles. The second kappa shape index (κ2) is 6.54. The summed E-state index contributed by atoms with van der Waals surface area (Å²) in [6.45, 7) is 0.718. The van der Waals surface area contributed by atoms with Crippen molar-refractivity contribution in [2.45, 2.75) is 37.8 Å². The summed E-state index contributed by atoms with van der Waals surface area (Å²) in [6, 6.07) is 4.71. The van der Waals surface area contributed by atoms with Gasteiger partial charge >= 0.3 is 5.97 Å². The Balaban J connectivity index is 1.74. The number of nitro benzene ring substituents is 1. The average Bonchev–Trinajstić information content (AvgIpc) is 3.39. The second-order valence-electron chi connectivity index (χ2n) is 6.09. The van der Waals surface area contributed by atoms with Crippen molar-refractivity contribution in [3.63, 3.8) is 0 Å². The van der Waals surface area contributed by atoms with Gasteiger partial charge in [-0.25, -0.2) is 4.79 Å². The van der Waals surface area contributed by atoms with Gasteiger partial charge in [0.1, 0.15) is 5.56 Å². The summed E-state index contributed by atoms with van der Waals surface area (Å²) in [5, 5.41) is 14.4. The summed E-state index contributed by atoms with van der Waals surface area (Å²) in [7, 11) is 1.21. The number of nitro groups is 1. The highest BCUT2D eigenvalue weighted by molar-refractivity contribution is 5.95. The predicted octanol–water partition coefficient (Wildman–Crippen LogP) is 2.75. The molecule has 2 aliphatic rings. The van der Waals surface area contributed by atoms with Crippen molar-refractivity contribution < 1.29 is 19.2 Å². The summed E-state index contributed by atoms with van der Waals surface area (Å²) < 4.78 is 10.4. The van der Waals surface area contributed by atoms with Crippen LogP contribution in [0.2, 0.25) is 0 Å². The van der Waals surface area contributed by atoms with E-state index in [1.807, 2.05) is 0 Å². The molecule has 2 atom stereocenters. The van der Waals surface area contributed by atoms with Gasteiger partial charge in [-0.2, -0.15) is 0 Å². The SMILES string of the molecule is COC(=O)c1cc(NC2CCOC(C3CC3)C2)ccc1[N+](=O)[O-]. The van der Waals surface area contributed by atoms with Gasteiger partial charge in [-0.1, -0.05) is 0 Å². The van der Waals surface area contributed by atoms with Gasteiger partial charge in [-0.05, 0) is 43.7 Å². The Kier molecular flexibility index (Phi) is 4.47. The van der Waals surface area contributed by atoms with Crippen LogP contribution in [0, 0.1) is 16.0 Å². The Morgan fingerprint density at radius 3 is 2.83 bits per heavy atom. The minimum atomic E-state index is -0.705. The number of benzene rings is 1. The summed E-state index contributed by atoms with van der Waals surface area (Å²) in [5.74, 6) is -0.0229. The Bertz CT molecular complexity index is 614. The first kappa shape index (κ1) is 15.7. The summed E-state index contributed by atoms with van der Waals surface area (Å²) in [6.07, 6.45) is 4.59. The molecule has 1 saturated carbocycles. The molecule has 2 unspecified atom stereocenters. The summed E-state index contributed by atoms with van der Waals surface area (Å²) in [5.41, 5.74) is 0.413. The van der Waals surface area contributed by atoms with Crippen LogP contribution in [-0.4, -0.2) is 36.8 Å².